The molecule has 0 saturated heterocycles. The molecule has 0 saturated carbocycles. The average Bonchev–Trinajstić information content (AvgIpc) is 2.78. The van der Waals surface area contributed by atoms with Crippen LogP contribution in [0.4, 0.5) is 0 Å². The third-order valence-electron chi connectivity index (χ3n) is 2.61. The van der Waals surface area contributed by atoms with E-state index < -0.39 is 5.91 Å². The second-order valence-corrected chi connectivity index (χ2v) is 3.66. The Kier molecular flexibility index (Phi) is 3.02. The Balaban J connectivity index is 2.61. The second kappa shape index (κ2) is 4.63. The van der Waals surface area contributed by atoms with Gasteiger partial charge in [0.05, 0.1) is 12.6 Å². The van der Waals surface area contributed by atoms with Crippen LogP contribution in [0.3, 0.4) is 0 Å². The molecule has 0 spiro atoms. The number of methoxy groups -OCH3 is 1. The Bertz CT molecular complexity index is 677. The summed E-state index contributed by atoms with van der Waals surface area (Å²) >= 11 is 0. The van der Waals surface area contributed by atoms with E-state index in [1.807, 2.05) is 18.2 Å². The molecule has 2 rings (SSSR count). The zero-order valence-electron chi connectivity index (χ0n) is 9.73. The molecule has 5 heteroatoms. The summed E-state index contributed by atoms with van der Waals surface area (Å²) in [5.74, 6) is -0.0421. The van der Waals surface area contributed by atoms with Gasteiger partial charge in [0.1, 0.15) is 17.4 Å². The summed E-state index contributed by atoms with van der Waals surface area (Å²) < 4.78 is 5.21. The van der Waals surface area contributed by atoms with Crippen LogP contribution in [0.25, 0.3) is 17.0 Å². The predicted octanol–water partition coefficient (Wildman–Crippen LogP) is 1.57. The Morgan fingerprint density at radius 3 is 2.94 bits per heavy atom. The summed E-state index contributed by atoms with van der Waals surface area (Å²) in [4.78, 5) is 14.1. The van der Waals surface area contributed by atoms with Crippen LogP contribution < -0.4 is 10.5 Å². The standard InChI is InChI=1S/C13H11N3O2/c1-18-11-4-2-3-10-9(7-16-12(10)11)5-8(6-14)13(15)17/h2-5,7,16H,1H3,(H2,15,17). The third-order valence-corrected chi connectivity index (χ3v) is 2.61. The molecule has 1 heterocycles. The van der Waals surface area contributed by atoms with E-state index in [0.29, 0.717) is 5.75 Å². The molecule has 0 atom stereocenters. The van der Waals surface area contributed by atoms with Crippen LogP contribution >= 0.6 is 0 Å². The maximum absolute atomic E-state index is 11.0. The molecule has 5 nitrogen and oxygen atoms in total. The van der Waals surface area contributed by atoms with Gasteiger partial charge >= 0.3 is 0 Å². The lowest BCUT2D eigenvalue weighted by molar-refractivity contribution is -0.114. The number of carbonyl (C=O) groups is 1. The number of carbonyl (C=O) groups excluding carboxylic acids is 1. The first-order valence-electron chi connectivity index (χ1n) is 5.23. The number of ether oxygens (including phenoxy) is 1. The van der Waals surface area contributed by atoms with E-state index in [4.69, 9.17) is 15.7 Å². The molecule has 18 heavy (non-hydrogen) atoms. The van der Waals surface area contributed by atoms with E-state index in [1.54, 1.807) is 19.4 Å². The fourth-order valence-electron chi connectivity index (χ4n) is 1.75. The first kappa shape index (κ1) is 11.7. The molecule has 0 radical (unpaired) electrons. The largest absolute Gasteiger partial charge is 0.495 e. The fraction of sp³-hybridized carbons (Fsp3) is 0.0769. The number of primary amides is 1. The van der Waals surface area contributed by atoms with Gasteiger partial charge in [0.15, 0.2) is 0 Å². The van der Waals surface area contributed by atoms with Crippen molar-refractivity contribution in [1.82, 2.24) is 4.98 Å². The van der Waals surface area contributed by atoms with E-state index in [2.05, 4.69) is 4.98 Å². The van der Waals surface area contributed by atoms with E-state index in [9.17, 15) is 4.79 Å². The lowest BCUT2D eigenvalue weighted by atomic mass is 10.1. The smallest absolute Gasteiger partial charge is 0.259 e. The van der Waals surface area contributed by atoms with Crippen LogP contribution in [0.1, 0.15) is 5.56 Å². The third kappa shape index (κ3) is 1.92. The number of hydrogen-bond donors (Lipinski definition) is 2. The summed E-state index contributed by atoms with van der Waals surface area (Å²) in [7, 11) is 1.58. The van der Waals surface area contributed by atoms with Crippen LogP contribution in [0.2, 0.25) is 0 Å². The van der Waals surface area contributed by atoms with Crippen molar-refractivity contribution >= 4 is 22.9 Å². The van der Waals surface area contributed by atoms with Crippen molar-refractivity contribution in [2.45, 2.75) is 0 Å². The normalized spacial score (nSPS) is 11.2. The van der Waals surface area contributed by atoms with Gasteiger partial charge in [-0.25, -0.2) is 0 Å². The van der Waals surface area contributed by atoms with E-state index in [1.165, 1.54) is 6.08 Å². The molecule has 1 aromatic carbocycles. The number of nitrogens with one attached hydrogen (secondary N) is 1. The lowest BCUT2D eigenvalue weighted by Crippen LogP contribution is -2.12. The second-order valence-electron chi connectivity index (χ2n) is 3.66. The van der Waals surface area contributed by atoms with Crippen molar-refractivity contribution in [3.05, 3.63) is 35.5 Å². The number of aromatic nitrogens is 1. The van der Waals surface area contributed by atoms with Crippen LogP contribution in [0.5, 0.6) is 5.75 Å². The molecule has 3 N–H and O–H groups in total. The highest BCUT2D eigenvalue weighted by Crippen LogP contribution is 2.28. The minimum Gasteiger partial charge on any atom is -0.495 e. The van der Waals surface area contributed by atoms with E-state index in [0.717, 1.165) is 16.5 Å². The van der Waals surface area contributed by atoms with Gasteiger partial charge in [-0.15, -0.1) is 0 Å². The van der Waals surface area contributed by atoms with Crippen molar-refractivity contribution in [2.24, 2.45) is 5.73 Å². The maximum atomic E-state index is 11.0. The molecule has 1 amide bonds. The first-order valence-corrected chi connectivity index (χ1v) is 5.23. The van der Waals surface area contributed by atoms with Crippen LogP contribution in [0, 0.1) is 11.3 Å². The van der Waals surface area contributed by atoms with Gasteiger partial charge in [-0.05, 0) is 12.1 Å². The Morgan fingerprint density at radius 2 is 2.33 bits per heavy atom. The molecule has 1 aromatic heterocycles. The molecule has 0 unspecified atom stereocenters. The minimum atomic E-state index is -0.741. The van der Waals surface area contributed by atoms with Crippen LogP contribution in [-0.4, -0.2) is 18.0 Å². The van der Waals surface area contributed by atoms with Gasteiger partial charge in [0, 0.05) is 17.1 Å². The number of para-hydroxylation sites is 1. The predicted molar refractivity (Wildman–Crippen MR) is 67.6 cm³/mol. The summed E-state index contributed by atoms with van der Waals surface area (Å²) in [5.41, 5.74) is 6.55. The van der Waals surface area contributed by atoms with Gasteiger partial charge in [-0.1, -0.05) is 12.1 Å². The molecule has 90 valence electrons. The molecular weight excluding hydrogens is 230 g/mol. The summed E-state index contributed by atoms with van der Waals surface area (Å²) in [5, 5.41) is 9.68. The topological polar surface area (TPSA) is 91.9 Å². The van der Waals surface area contributed by atoms with Gasteiger partial charge in [-0.3, -0.25) is 4.79 Å². The van der Waals surface area contributed by atoms with E-state index in [-0.39, 0.29) is 5.57 Å². The molecule has 0 bridgehead atoms. The van der Waals surface area contributed by atoms with Gasteiger partial charge < -0.3 is 15.5 Å². The van der Waals surface area contributed by atoms with Gasteiger partial charge in [0.25, 0.3) is 5.91 Å². The van der Waals surface area contributed by atoms with Gasteiger partial charge in [0.2, 0.25) is 0 Å². The minimum absolute atomic E-state index is 0.0845. The molecule has 0 aliphatic heterocycles. The summed E-state index contributed by atoms with van der Waals surface area (Å²) in [6.07, 6.45) is 3.16. The number of benzene rings is 1. The van der Waals surface area contributed by atoms with Crippen LogP contribution in [-0.2, 0) is 4.79 Å². The summed E-state index contributed by atoms with van der Waals surface area (Å²) in [6, 6.07) is 7.31. The molecule has 0 aliphatic rings. The number of hydrogen-bond acceptors (Lipinski definition) is 3. The zero-order valence-corrected chi connectivity index (χ0v) is 9.73. The zero-order chi connectivity index (χ0) is 13.1. The van der Waals surface area contributed by atoms with Gasteiger partial charge in [-0.2, -0.15) is 5.26 Å². The quantitative estimate of drug-likeness (QED) is 0.631. The highest BCUT2D eigenvalue weighted by molar-refractivity contribution is 6.03. The number of rotatable bonds is 3. The van der Waals surface area contributed by atoms with Crippen molar-refractivity contribution in [2.75, 3.05) is 7.11 Å². The first-order chi connectivity index (χ1) is 8.67. The SMILES string of the molecule is COc1cccc2c(C=C(C#N)C(N)=O)c[nH]c12. The number of nitrogens with zero attached hydrogens (tertiary/aromatic N) is 1. The molecule has 0 fully saturated rings. The number of fused-ring (bicyclic) bond motifs is 1. The number of nitrogens with two attached hydrogens (primary N) is 1. The highest BCUT2D eigenvalue weighted by Gasteiger charge is 2.09. The Labute approximate surface area is 103 Å². The molecule has 2 aromatic rings. The number of amides is 1. The fourth-order valence-corrected chi connectivity index (χ4v) is 1.75. The molecular formula is C13H11N3O2. The number of aromatic amines is 1. The van der Waals surface area contributed by atoms with E-state index >= 15 is 0 Å². The summed E-state index contributed by atoms with van der Waals surface area (Å²) in [6.45, 7) is 0. The Morgan fingerprint density at radius 1 is 1.56 bits per heavy atom. The number of H-pyrrole nitrogens is 1. The average molecular weight is 241 g/mol. The van der Waals surface area contributed by atoms with Crippen molar-refractivity contribution < 1.29 is 9.53 Å². The highest BCUT2D eigenvalue weighted by atomic mass is 16.5. The lowest BCUT2D eigenvalue weighted by Gasteiger charge is -2.00. The maximum Gasteiger partial charge on any atom is 0.259 e. The van der Waals surface area contributed by atoms with Crippen molar-refractivity contribution in [3.63, 3.8) is 0 Å². The molecule has 0 aliphatic carbocycles. The Hall–Kier alpha value is -2.74. The number of nitriles is 1. The van der Waals surface area contributed by atoms with Crippen molar-refractivity contribution in [3.8, 4) is 11.8 Å². The van der Waals surface area contributed by atoms with Crippen LogP contribution in [0.15, 0.2) is 30.0 Å². The van der Waals surface area contributed by atoms with Crippen molar-refractivity contribution in [1.29, 1.82) is 5.26 Å². The monoisotopic (exact) mass is 241 g/mol.